The van der Waals surface area contributed by atoms with E-state index in [0.717, 1.165) is 44.9 Å². The number of fused-ring (bicyclic) bond motifs is 3. The molecule has 1 amide bonds. The molecule has 21 heavy (non-hydrogen) atoms. The van der Waals surface area contributed by atoms with Crippen molar-refractivity contribution in [2.75, 3.05) is 0 Å². The molecule has 3 heteroatoms. The molecule has 4 rings (SSSR count). The van der Waals surface area contributed by atoms with E-state index in [1.54, 1.807) is 0 Å². The van der Waals surface area contributed by atoms with Crippen LogP contribution in [-0.2, 0) is 11.2 Å². The highest BCUT2D eigenvalue weighted by atomic mass is 16.2. The van der Waals surface area contributed by atoms with Gasteiger partial charge < -0.3 is 10.6 Å². The molecule has 3 aliphatic rings. The maximum absolute atomic E-state index is 13.2. The molecule has 0 spiro atoms. The largest absolute Gasteiger partial charge is 0.336 e. The minimum absolute atomic E-state index is 0.0902. The Morgan fingerprint density at radius 2 is 1.81 bits per heavy atom. The van der Waals surface area contributed by atoms with Gasteiger partial charge in [0.15, 0.2) is 0 Å². The summed E-state index contributed by atoms with van der Waals surface area (Å²) in [7, 11) is 0. The molecule has 2 bridgehead atoms. The van der Waals surface area contributed by atoms with Crippen molar-refractivity contribution in [3.63, 3.8) is 0 Å². The topological polar surface area (TPSA) is 46.3 Å². The number of aryl methyl sites for hydroxylation is 1. The Morgan fingerprint density at radius 3 is 2.57 bits per heavy atom. The third kappa shape index (κ3) is 2.18. The zero-order valence-corrected chi connectivity index (χ0v) is 12.5. The molecule has 112 valence electrons. The lowest BCUT2D eigenvalue weighted by atomic mass is 9.81. The molecule has 3 unspecified atom stereocenters. The van der Waals surface area contributed by atoms with Gasteiger partial charge in [0.1, 0.15) is 0 Å². The Morgan fingerprint density at radius 1 is 1.10 bits per heavy atom. The highest BCUT2D eigenvalue weighted by Crippen LogP contribution is 2.40. The number of hydrogen-bond donors (Lipinski definition) is 1. The number of piperidine rings is 1. The third-order valence-electron chi connectivity index (χ3n) is 5.69. The number of nitrogens with zero attached hydrogens (tertiary/aromatic N) is 1. The van der Waals surface area contributed by atoms with Crippen LogP contribution in [0.25, 0.3) is 0 Å². The molecule has 1 aromatic carbocycles. The van der Waals surface area contributed by atoms with Crippen LogP contribution in [-0.4, -0.2) is 28.9 Å². The Bertz CT molecular complexity index is 542. The van der Waals surface area contributed by atoms with Gasteiger partial charge in [-0.3, -0.25) is 4.79 Å². The Balaban J connectivity index is 1.62. The zero-order valence-electron chi connectivity index (χ0n) is 12.5. The summed E-state index contributed by atoms with van der Waals surface area (Å²) >= 11 is 0. The summed E-state index contributed by atoms with van der Waals surface area (Å²) in [4.78, 5) is 15.4. The van der Waals surface area contributed by atoms with Gasteiger partial charge in [0.25, 0.3) is 0 Å². The molecule has 2 fully saturated rings. The van der Waals surface area contributed by atoms with E-state index < -0.39 is 0 Å². The maximum Gasteiger partial charge on any atom is 0.230 e. The van der Waals surface area contributed by atoms with Crippen molar-refractivity contribution in [3.8, 4) is 0 Å². The van der Waals surface area contributed by atoms with Crippen LogP contribution in [0.15, 0.2) is 24.3 Å². The van der Waals surface area contributed by atoms with E-state index in [0.29, 0.717) is 24.0 Å². The van der Waals surface area contributed by atoms with Crippen LogP contribution < -0.4 is 5.73 Å². The van der Waals surface area contributed by atoms with Crippen molar-refractivity contribution in [1.82, 2.24) is 4.90 Å². The van der Waals surface area contributed by atoms with Crippen LogP contribution in [0.2, 0.25) is 0 Å². The van der Waals surface area contributed by atoms with Gasteiger partial charge in [-0.15, -0.1) is 0 Å². The molecular weight excluding hydrogens is 260 g/mol. The predicted octanol–water partition coefficient (Wildman–Crippen LogP) is 2.59. The minimum Gasteiger partial charge on any atom is -0.336 e. The first kappa shape index (κ1) is 13.3. The Labute approximate surface area is 126 Å². The Kier molecular flexibility index (Phi) is 3.26. The van der Waals surface area contributed by atoms with Crippen LogP contribution in [0.3, 0.4) is 0 Å². The van der Waals surface area contributed by atoms with Gasteiger partial charge in [0, 0.05) is 18.1 Å². The van der Waals surface area contributed by atoms with Gasteiger partial charge in [-0.1, -0.05) is 24.3 Å². The number of amides is 1. The second-order valence-corrected chi connectivity index (χ2v) is 7.01. The van der Waals surface area contributed by atoms with E-state index in [2.05, 4.69) is 29.2 Å². The van der Waals surface area contributed by atoms with Crippen LogP contribution >= 0.6 is 0 Å². The lowest BCUT2D eigenvalue weighted by Crippen LogP contribution is -2.51. The predicted molar refractivity (Wildman–Crippen MR) is 83.0 cm³/mol. The standard InChI is InChI=1S/C18H24N2O/c19-13-10-14-8-9-15(11-13)20(14)18(21)17-7-3-5-12-4-1-2-6-16(12)17/h1-2,4,6,13-15,17H,3,5,7-11,19H2. The number of benzene rings is 1. The molecule has 2 N–H and O–H groups in total. The molecule has 2 aliphatic heterocycles. The molecule has 2 heterocycles. The van der Waals surface area contributed by atoms with Crippen molar-refractivity contribution in [1.29, 1.82) is 0 Å². The first-order chi connectivity index (χ1) is 10.2. The molecule has 3 atom stereocenters. The average Bonchev–Trinajstić information content (AvgIpc) is 2.78. The van der Waals surface area contributed by atoms with Gasteiger partial charge >= 0.3 is 0 Å². The quantitative estimate of drug-likeness (QED) is 0.861. The third-order valence-corrected chi connectivity index (χ3v) is 5.69. The average molecular weight is 284 g/mol. The lowest BCUT2D eigenvalue weighted by Gasteiger charge is -2.40. The second kappa shape index (κ2) is 5.13. The summed E-state index contributed by atoms with van der Waals surface area (Å²) in [6.45, 7) is 0. The highest BCUT2D eigenvalue weighted by Gasteiger charge is 2.44. The van der Waals surface area contributed by atoms with E-state index in [-0.39, 0.29) is 5.92 Å². The normalized spacial score (nSPS) is 34.6. The zero-order chi connectivity index (χ0) is 14.4. The van der Waals surface area contributed by atoms with E-state index in [1.807, 2.05) is 0 Å². The van der Waals surface area contributed by atoms with E-state index >= 15 is 0 Å². The van der Waals surface area contributed by atoms with Gasteiger partial charge in [0.2, 0.25) is 5.91 Å². The first-order valence-electron chi connectivity index (χ1n) is 8.39. The van der Waals surface area contributed by atoms with E-state index in [9.17, 15) is 4.79 Å². The number of carbonyl (C=O) groups excluding carboxylic acids is 1. The molecular formula is C18H24N2O. The van der Waals surface area contributed by atoms with Gasteiger partial charge in [0.05, 0.1) is 5.92 Å². The highest BCUT2D eigenvalue weighted by molar-refractivity contribution is 5.85. The number of hydrogen-bond acceptors (Lipinski definition) is 2. The number of carbonyl (C=O) groups is 1. The number of rotatable bonds is 1. The molecule has 0 aromatic heterocycles. The van der Waals surface area contributed by atoms with Crippen molar-refractivity contribution < 1.29 is 4.79 Å². The molecule has 1 aromatic rings. The van der Waals surface area contributed by atoms with Gasteiger partial charge in [-0.05, 0) is 56.1 Å². The molecule has 0 radical (unpaired) electrons. The van der Waals surface area contributed by atoms with Crippen molar-refractivity contribution in [3.05, 3.63) is 35.4 Å². The van der Waals surface area contributed by atoms with E-state index in [4.69, 9.17) is 5.73 Å². The van der Waals surface area contributed by atoms with E-state index in [1.165, 1.54) is 11.1 Å². The summed E-state index contributed by atoms with van der Waals surface area (Å²) in [6, 6.07) is 9.62. The van der Waals surface area contributed by atoms with Crippen molar-refractivity contribution in [2.45, 2.75) is 69.0 Å². The first-order valence-corrected chi connectivity index (χ1v) is 8.39. The summed E-state index contributed by atoms with van der Waals surface area (Å²) in [5, 5.41) is 0. The van der Waals surface area contributed by atoms with Gasteiger partial charge in [-0.2, -0.15) is 0 Å². The van der Waals surface area contributed by atoms with Crippen LogP contribution in [0, 0.1) is 0 Å². The fourth-order valence-corrected chi connectivity index (χ4v) is 4.77. The molecule has 1 aliphatic carbocycles. The molecule has 0 saturated carbocycles. The number of nitrogens with two attached hydrogens (primary N) is 1. The SMILES string of the molecule is NC1CC2CCC(C1)N2C(=O)C1CCCc2ccccc21. The summed E-state index contributed by atoms with van der Waals surface area (Å²) < 4.78 is 0. The summed E-state index contributed by atoms with van der Waals surface area (Å²) in [5.74, 6) is 0.467. The maximum atomic E-state index is 13.2. The smallest absolute Gasteiger partial charge is 0.230 e. The van der Waals surface area contributed by atoms with Gasteiger partial charge in [-0.25, -0.2) is 0 Å². The van der Waals surface area contributed by atoms with Crippen LogP contribution in [0.4, 0.5) is 0 Å². The monoisotopic (exact) mass is 284 g/mol. The molecule has 3 nitrogen and oxygen atoms in total. The van der Waals surface area contributed by atoms with Crippen molar-refractivity contribution in [2.24, 2.45) is 5.73 Å². The lowest BCUT2D eigenvalue weighted by molar-refractivity contribution is -0.137. The fraction of sp³-hybridized carbons (Fsp3) is 0.611. The summed E-state index contributed by atoms with van der Waals surface area (Å²) in [6.07, 6.45) is 7.57. The fourth-order valence-electron chi connectivity index (χ4n) is 4.77. The van der Waals surface area contributed by atoms with Crippen molar-refractivity contribution >= 4 is 5.91 Å². The second-order valence-electron chi connectivity index (χ2n) is 7.01. The van der Waals surface area contributed by atoms with Crippen LogP contribution in [0.1, 0.15) is 55.6 Å². The molecule has 2 saturated heterocycles. The summed E-state index contributed by atoms with van der Waals surface area (Å²) in [5.41, 5.74) is 8.79. The Hall–Kier alpha value is -1.35. The minimum atomic E-state index is 0.0902. The van der Waals surface area contributed by atoms with Crippen LogP contribution in [0.5, 0.6) is 0 Å².